The van der Waals surface area contributed by atoms with E-state index in [9.17, 15) is 13.5 Å². The van der Waals surface area contributed by atoms with Crippen LogP contribution in [0.25, 0.3) is 0 Å². The van der Waals surface area contributed by atoms with Crippen molar-refractivity contribution in [2.75, 3.05) is 13.2 Å². The molecule has 0 aromatic carbocycles. The van der Waals surface area contributed by atoms with E-state index >= 15 is 0 Å². The molecule has 1 rings (SSSR count). The van der Waals surface area contributed by atoms with Crippen LogP contribution >= 0.6 is 11.3 Å². The van der Waals surface area contributed by atoms with E-state index in [-0.39, 0.29) is 28.1 Å². The molecular weight excluding hydrogens is 314 g/mol. The number of hydrogen-bond acceptors (Lipinski definition) is 7. The number of ether oxygens (including phenoxy) is 1. The highest BCUT2D eigenvalue weighted by Crippen LogP contribution is 2.24. The predicted octanol–water partition coefficient (Wildman–Crippen LogP) is 0.567. The highest BCUT2D eigenvalue weighted by atomic mass is 32.2. The van der Waals surface area contributed by atoms with Crippen LogP contribution in [0.4, 0.5) is 0 Å². The molecule has 3 N–H and O–H groups in total. The zero-order valence-electron chi connectivity index (χ0n) is 12.7. The van der Waals surface area contributed by atoms with Crippen molar-refractivity contribution in [3.05, 3.63) is 6.20 Å². The monoisotopic (exact) mass is 337 g/mol. The summed E-state index contributed by atoms with van der Waals surface area (Å²) in [6.45, 7) is 7.91. The Morgan fingerprint density at radius 3 is 2.57 bits per heavy atom. The smallest absolute Gasteiger partial charge is 0.274 e. The van der Waals surface area contributed by atoms with Gasteiger partial charge in [0.25, 0.3) is 15.2 Å². The topological polar surface area (TPSA) is 101 Å². The van der Waals surface area contributed by atoms with Gasteiger partial charge in [-0.3, -0.25) is 0 Å². The van der Waals surface area contributed by atoms with Gasteiger partial charge in [-0.2, -0.15) is 0 Å². The lowest BCUT2D eigenvalue weighted by molar-refractivity contribution is 0.104. The first kappa shape index (κ1) is 18.3. The minimum absolute atomic E-state index is 0.0599. The van der Waals surface area contributed by atoms with E-state index in [0.717, 1.165) is 11.3 Å². The molecular formula is C12H23N3O4S2. The summed E-state index contributed by atoms with van der Waals surface area (Å²) in [5.41, 5.74) is 0. The Morgan fingerprint density at radius 1 is 1.33 bits per heavy atom. The molecule has 0 aliphatic heterocycles. The van der Waals surface area contributed by atoms with Crippen LogP contribution in [0.5, 0.6) is 5.19 Å². The standard InChI is InChI=1S/C12H23N3O4S2/c1-8(2)13-5-10(16)7-19-12-14-6-11(20-12)21(17,18)15-9(3)4/h6,8-10,13,15-16H,5,7H2,1-4H3. The Labute approximate surface area is 129 Å². The molecule has 0 aliphatic carbocycles. The van der Waals surface area contributed by atoms with Gasteiger partial charge in [0.2, 0.25) is 0 Å². The SMILES string of the molecule is CC(C)NCC(O)COc1ncc(S(=O)(=O)NC(C)C)s1. The number of aromatic nitrogens is 1. The molecule has 21 heavy (non-hydrogen) atoms. The first-order valence-corrected chi connectivity index (χ1v) is 9.03. The van der Waals surface area contributed by atoms with E-state index < -0.39 is 16.1 Å². The minimum atomic E-state index is -3.55. The normalized spacial score (nSPS) is 13.9. The minimum Gasteiger partial charge on any atom is -0.467 e. The Balaban J connectivity index is 2.52. The second kappa shape index (κ2) is 8.04. The molecule has 0 saturated carbocycles. The van der Waals surface area contributed by atoms with Gasteiger partial charge in [-0.25, -0.2) is 18.1 Å². The fourth-order valence-corrected chi connectivity index (χ4v) is 3.64. The summed E-state index contributed by atoms with van der Waals surface area (Å²) in [5, 5.41) is 13.0. The molecule has 7 nitrogen and oxygen atoms in total. The van der Waals surface area contributed by atoms with E-state index in [1.165, 1.54) is 6.20 Å². The first-order chi connectivity index (χ1) is 9.70. The van der Waals surface area contributed by atoms with Crippen LogP contribution in [0.15, 0.2) is 10.4 Å². The lowest BCUT2D eigenvalue weighted by Gasteiger charge is -2.13. The molecule has 1 atom stereocenters. The fraction of sp³-hybridized carbons (Fsp3) is 0.750. The number of rotatable bonds is 9. The van der Waals surface area contributed by atoms with Gasteiger partial charge in [-0.05, 0) is 13.8 Å². The molecule has 0 saturated heterocycles. The summed E-state index contributed by atoms with van der Waals surface area (Å²) >= 11 is 0.933. The summed E-state index contributed by atoms with van der Waals surface area (Å²) in [6, 6.07) is 0.0868. The molecule has 1 heterocycles. The summed E-state index contributed by atoms with van der Waals surface area (Å²) in [5.74, 6) is 0. The lowest BCUT2D eigenvalue weighted by Crippen LogP contribution is -2.35. The lowest BCUT2D eigenvalue weighted by atomic mass is 10.3. The van der Waals surface area contributed by atoms with E-state index in [1.54, 1.807) is 13.8 Å². The van der Waals surface area contributed by atoms with Crippen molar-refractivity contribution in [3.8, 4) is 5.19 Å². The third kappa shape index (κ3) is 6.70. The fourth-order valence-electron chi connectivity index (χ4n) is 1.40. The molecule has 0 amide bonds. The molecule has 0 fully saturated rings. The summed E-state index contributed by atoms with van der Waals surface area (Å²) in [7, 11) is -3.55. The Hall–Kier alpha value is -0.740. The maximum Gasteiger partial charge on any atom is 0.274 e. The van der Waals surface area contributed by atoms with Gasteiger partial charge in [0.15, 0.2) is 4.21 Å². The van der Waals surface area contributed by atoms with Crippen LogP contribution in [0.3, 0.4) is 0 Å². The van der Waals surface area contributed by atoms with E-state index in [1.807, 2.05) is 13.8 Å². The first-order valence-electron chi connectivity index (χ1n) is 6.73. The predicted molar refractivity (Wildman–Crippen MR) is 82.2 cm³/mol. The molecule has 0 aliphatic rings. The highest BCUT2D eigenvalue weighted by Gasteiger charge is 2.19. The molecule has 1 aromatic rings. The van der Waals surface area contributed by atoms with Crippen molar-refractivity contribution < 1.29 is 18.3 Å². The number of nitrogens with zero attached hydrogens (tertiary/aromatic N) is 1. The van der Waals surface area contributed by atoms with Crippen LogP contribution in [-0.4, -0.2) is 49.8 Å². The number of nitrogens with one attached hydrogen (secondary N) is 2. The number of sulfonamides is 1. The van der Waals surface area contributed by atoms with Gasteiger partial charge in [0, 0.05) is 18.6 Å². The summed E-state index contributed by atoms with van der Waals surface area (Å²) in [4.78, 5) is 3.90. The van der Waals surface area contributed by atoms with Crippen molar-refractivity contribution in [3.63, 3.8) is 0 Å². The Morgan fingerprint density at radius 2 is 2.00 bits per heavy atom. The summed E-state index contributed by atoms with van der Waals surface area (Å²) < 4.78 is 31.7. The second-order valence-corrected chi connectivity index (χ2v) is 8.18. The highest BCUT2D eigenvalue weighted by molar-refractivity contribution is 7.91. The van der Waals surface area contributed by atoms with Gasteiger partial charge >= 0.3 is 0 Å². The van der Waals surface area contributed by atoms with Crippen molar-refractivity contribution >= 4 is 21.4 Å². The van der Waals surface area contributed by atoms with Gasteiger partial charge in [0.05, 0.1) is 6.20 Å². The van der Waals surface area contributed by atoms with Gasteiger partial charge in [0.1, 0.15) is 12.7 Å². The average molecular weight is 337 g/mol. The van der Waals surface area contributed by atoms with Crippen molar-refractivity contribution in [2.24, 2.45) is 0 Å². The third-order valence-electron chi connectivity index (χ3n) is 2.28. The van der Waals surface area contributed by atoms with E-state index in [4.69, 9.17) is 4.74 Å². The second-order valence-electron chi connectivity index (χ2n) is 5.25. The van der Waals surface area contributed by atoms with Gasteiger partial charge < -0.3 is 15.2 Å². The number of aliphatic hydroxyl groups excluding tert-OH is 1. The van der Waals surface area contributed by atoms with Crippen LogP contribution in [0.1, 0.15) is 27.7 Å². The van der Waals surface area contributed by atoms with Gasteiger partial charge in [-0.1, -0.05) is 25.2 Å². The van der Waals surface area contributed by atoms with Crippen molar-refractivity contribution in [2.45, 2.75) is 50.1 Å². The molecule has 1 unspecified atom stereocenters. The van der Waals surface area contributed by atoms with Crippen LogP contribution in [0, 0.1) is 0 Å². The average Bonchev–Trinajstić information content (AvgIpc) is 2.81. The van der Waals surface area contributed by atoms with Crippen LogP contribution < -0.4 is 14.8 Å². The van der Waals surface area contributed by atoms with Gasteiger partial charge in [-0.15, -0.1) is 0 Å². The Kier molecular flexibility index (Phi) is 7.01. The van der Waals surface area contributed by atoms with Crippen LogP contribution in [0.2, 0.25) is 0 Å². The molecule has 0 bridgehead atoms. The van der Waals surface area contributed by atoms with E-state index in [2.05, 4.69) is 15.0 Å². The Bertz CT molecular complexity index is 528. The number of hydrogen-bond donors (Lipinski definition) is 3. The molecule has 0 radical (unpaired) electrons. The number of aliphatic hydroxyl groups is 1. The summed E-state index contributed by atoms with van der Waals surface area (Å²) in [6.07, 6.45) is 0.578. The molecule has 1 aromatic heterocycles. The van der Waals surface area contributed by atoms with Crippen molar-refractivity contribution in [1.29, 1.82) is 0 Å². The molecule has 122 valence electrons. The largest absolute Gasteiger partial charge is 0.467 e. The maximum atomic E-state index is 11.9. The quantitative estimate of drug-likeness (QED) is 0.609. The molecule has 9 heteroatoms. The number of thiazole rings is 1. The van der Waals surface area contributed by atoms with Crippen molar-refractivity contribution in [1.82, 2.24) is 15.0 Å². The van der Waals surface area contributed by atoms with Crippen LogP contribution in [-0.2, 0) is 10.0 Å². The zero-order valence-corrected chi connectivity index (χ0v) is 14.3. The zero-order chi connectivity index (χ0) is 16.0. The molecule has 0 spiro atoms. The van der Waals surface area contributed by atoms with E-state index in [0.29, 0.717) is 6.54 Å². The maximum absolute atomic E-state index is 11.9. The third-order valence-corrected chi connectivity index (χ3v) is 5.31.